The highest BCUT2D eigenvalue weighted by Crippen LogP contribution is 2.51. The molecule has 0 unspecified atom stereocenters. The topological polar surface area (TPSA) is 75.2 Å². The van der Waals surface area contributed by atoms with Gasteiger partial charge in [0.15, 0.2) is 9.84 Å². The Bertz CT molecular complexity index is 1270. The number of aromatic nitrogens is 2. The van der Waals surface area contributed by atoms with Crippen molar-refractivity contribution in [1.82, 2.24) is 9.55 Å². The van der Waals surface area contributed by atoms with Crippen molar-refractivity contribution in [2.24, 2.45) is 12.5 Å². The summed E-state index contributed by atoms with van der Waals surface area (Å²) in [4.78, 5) is 18.2. The molecule has 1 spiro atoms. The van der Waals surface area contributed by atoms with Gasteiger partial charge in [-0.3, -0.25) is 4.79 Å². The van der Waals surface area contributed by atoms with Crippen molar-refractivity contribution in [3.8, 4) is 11.1 Å². The third kappa shape index (κ3) is 2.74. The van der Waals surface area contributed by atoms with Crippen LogP contribution in [0.15, 0.2) is 46.3 Å². The lowest BCUT2D eigenvalue weighted by Gasteiger charge is -2.57. The molecule has 5 rings (SSSR count). The average molecular weight is 412 g/mol. The van der Waals surface area contributed by atoms with Crippen molar-refractivity contribution >= 4 is 26.4 Å². The van der Waals surface area contributed by atoms with Crippen LogP contribution in [0, 0.1) is 5.41 Å². The Labute approximate surface area is 170 Å². The Balaban J connectivity index is 1.71. The summed E-state index contributed by atoms with van der Waals surface area (Å²) < 4.78 is 26.7. The van der Waals surface area contributed by atoms with E-state index in [-0.39, 0.29) is 11.3 Å². The zero-order valence-electron chi connectivity index (χ0n) is 16.7. The second-order valence-corrected chi connectivity index (χ2v) is 10.8. The number of nitrogens with one attached hydrogen (secondary N) is 1. The van der Waals surface area contributed by atoms with Crippen LogP contribution < -0.4 is 10.5 Å². The standard InChI is InChI=1S/C22H25N3O3S/c1-3-29(27,28)15-5-6-19(25-13-22(14-25)8-4-9-22)17(11-15)18-12-24(2)21(26)20-16(18)7-10-23-20/h5-7,10-12,23H,3-4,8-9,13-14H2,1-2H3. The van der Waals surface area contributed by atoms with E-state index < -0.39 is 9.84 Å². The van der Waals surface area contributed by atoms with Crippen molar-refractivity contribution in [1.29, 1.82) is 0 Å². The first-order valence-corrected chi connectivity index (χ1v) is 11.8. The minimum atomic E-state index is -3.33. The molecule has 1 aromatic carbocycles. The number of hydrogen-bond donors (Lipinski definition) is 1. The van der Waals surface area contributed by atoms with E-state index in [2.05, 4.69) is 9.88 Å². The van der Waals surface area contributed by atoms with E-state index in [0.29, 0.717) is 15.8 Å². The van der Waals surface area contributed by atoms with Gasteiger partial charge in [-0.05, 0) is 37.1 Å². The summed E-state index contributed by atoms with van der Waals surface area (Å²) in [5, 5.41) is 0.819. The van der Waals surface area contributed by atoms with Gasteiger partial charge in [0, 0.05) is 60.1 Å². The Morgan fingerprint density at radius 2 is 1.90 bits per heavy atom. The Hall–Kier alpha value is -2.54. The number of rotatable bonds is 4. The molecule has 0 atom stereocenters. The molecule has 0 bridgehead atoms. The van der Waals surface area contributed by atoms with Crippen LogP contribution in [0.4, 0.5) is 5.69 Å². The first kappa shape index (κ1) is 18.5. The predicted molar refractivity (Wildman–Crippen MR) is 115 cm³/mol. The Morgan fingerprint density at radius 3 is 2.55 bits per heavy atom. The van der Waals surface area contributed by atoms with Crippen LogP contribution in [0.25, 0.3) is 22.0 Å². The maximum Gasteiger partial charge on any atom is 0.274 e. The van der Waals surface area contributed by atoms with E-state index in [1.54, 1.807) is 36.9 Å². The highest BCUT2D eigenvalue weighted by atomic mass is 32.2. The molecule has 1 aliphatic heterocycles. The molecule has 3 aromatic rings. The van der Waals surface area contributed by atoms with E-state index >= 15 is 0 Å². The Kier molecular flexibility index (Phi) is 3.97. The average Bonchev–Trinajstić information content (AvgIpc) is 3.12. The van der Waals surface area contributed by atoms with Crippen LogP contribution >= 0.6 is 0 Å². The molecule has 0 amide bonds. The van der Waals surface area contributed by atoms with Gasteiger partial charge in [-0.25, -0.2) is 8.42 Å². The minimum Gasteiger partial charge on any atom is -0.370 e. The number of pyridine rings is 1. The molecule has 2 aromatic heterocycles. The highest BCUT2D eigenvalue weighted by Gasteiger charge is 2.47. The summed E-state index contributed by atoms with van der Waals surface area (Å²) in [7, 11) is -1.60. The summed E-state index contributed by atoms with van der Waals surface area (Å²) in [6, 6.07) is 7.33. The maximum atomic E-state index is 12.6. The van der Waals surface area contributed by atoms with Crippen molar-refractivity contribution in [2.75, 3.05) is 23.7 Å². The number of fused-ring (bicyclic) bond motifs is 1. The predicted octanol–water partition coefficient (Wildman–Crippen LogP) is 3.32. The van der Waals surface area contributed by atoms with E-state index in [1.165, 1.54) is 19.3 Å². The number of anilines is 1. The highest BCUT2D eigenvalue weighted by molar-refractivity contribution is 7.91. The van der Waals surface area contributed by atoms with E-state index in [4.69, 9.17) is 0 Å². The molecule has 1 aliphatic carbocycles. The molecule has 7 heteroatoms. The van der Waals surface area contributed by atoms with Crippen LogP contribution in [-0.2, 0) is 16.9 Å². The van der Waals surface area contributed by atoms with Gasteiger partial charge in [-0.1, -0.05) is 13.3 Å². The smallest absolute Gasteiger partial charge is 0.274 e. The van der Waals surface area contributed by atoms with Gasteiger partial charge in [-0.15, -0.1) is 0 Å². The first-order valence-electron chi connectivity index (χ1n) is 10.1. The number of sulfone groups is 1. The van der Waals surface area contributed by atoms with Crippen LogP contribution in [0.2, 0.25) is 0 Å². The minimum absolute atomic E-state index is 0.0610. The summed E-state index contributed by atoms with van der Waals surface area (Å²) >= 11 is 0. The number of hydrogen-bond acceptors (Lipinski definition) is 4. The molecule has 6 nitrogen and oxygen atoms in total. The normalized spacial score (nSPS) is 18.1. The van der Waals surface area contributed by atoms with Crippen molar-refractivity contribution in [3.63, 3.8) is 0 Å². The van der Waals surface area contributed by atoms with Gasteiger partial charge in [0.05, 0.1) is 10.6 Å². The summed E-state index contributed by atoms with van der Waals surface area (Å²) in [5.74, 6) is 0.0610. The lowest BCUT2D eigenvalue weighted by atomic mass is 9.63. The maximum absolute atomic E-state index is 12.6. The lowest BCUT2D eigenvalue weighted by molar-refractivity contribution is 0.0905. The number of aryl methyl sites for hydroxylation is 1. The summed E-state index contributed by atoms with van der Waals surface area (Å²) in [6.07, 6.45) is 7.44. The molecule has 29 heavy (non-hydrogen) atoms. The van der Waals surface area contributed by atoms with Crippen LogP contribution in [-0.4, -0.2) is 36.8 Å². The van der Waals surface area contributed by atoms with E-state index in [0.717, 1.165) is 35.3 Å². The first-order chi connectivity index (χ1) is 13.8. The fraction of sp³-hybridized carbons (Fsp3) is 0.409. The van der Waals surface area contributed by atoms with Crippen molar-refractivity contribution in [3.05, 3.63) is 47.0 Å². The van der Waals surface area contributed by atoms with Crippen LogP contribution in [0.3, 0.4) is 0 Å². The number of H-pyrrole nitrogens is 1. The largest absolute Gasteiger partial charge is 0.370 e. The van der Waals surface area contributed by atoms with Gasteiger partial charge in [0.25, 0.3) is 5.56 Å². The van der Waals surface area contributed by atoms with Gasteiger partial charge in [0.1, 0.15) is 5.52 Å². The zero-order chi connectivity index (χ0) is 20.4. The molecule has 1 saturated heterocycles. The second-order valence-electron chi connectivity index (χ2n) is 8.52. The van der Waals surface area contributed by atoms with Crippen molar-refractivity contribution < 1.29 is 8.42 Å². The number of nitrogens with zero attached hydrogens (tertiary/aromatic N) is 2. The third-order valence-corrected chi connectivity index (χ3v) is 8.43. The molecule has 1 N–H and O–H groups in total. The monoisotopic (exact) mass is 411 g/mol. The van der Waals surface area contributed by atoms with E-state index in [9.17, 15) is 13.2 Å². The quantitative estimate of drug-likeness (QED) is 0.715. The summed E-state index contributed by atoms with van der Waals surface area (Å²) in [6.45, 7) is 3.69. The molecule has 0 radical (unpaired) electrons. The molecular formula is C22H25N3O3S. The van der Waals surface area contributed by atoms with Gasteiger partial charge < -0.3 is 14.5 Å². The molecular weight excluding hydrogens is 386 g/mol. The zero-order valence-corrected chi connectivity index (χ0v) is 17.6. The van der Waals surface area contributed by atoms with Crippen molar-refractivity contribution in [2.45, 2.75) is 31.1 Å². The fourth-order valence-electron chi connectivity index (χ4n) is 4.78. The molecule has 3 heterocycles. The van der Waals surface area contributed by atoms with Gasteiger partial charge in [-0.2, -0.15) is 0 Å². The Morgan fingerprint density at radius 1 is 1.14 bits per heavy atom. The lowest BCUT2D eigenvalue weighted by Crippen LogP contribution is -2.60. The molecule has 2 aliphatic rings. The number of aromatic amines is 1. The fourth-order valence-corrected chi connectivity index (χ4v) is 5.68. The third-order valence-electron chi connectivity index (χ3n) is 6.70. The van der Waals surface area contributed by atoms with E-state index in [1.807, 2.05) is 18.3 Å². The second kappa shape index (κ2) is 6.23. The number of benzene rings is 1. The summed E-state index contributed by atoms with van der Waals surface area (Å²) in [5.41, 5.74) is 3.69. The van der Waals surface area contributed by atoms with Crippen LogP contribution in [0.1, 0.15) is 26.2 Å². The molecule has 1 saturated carbocycles. The molecule has 152 valence electrons. The van der Waals surface area contributed by atoms with Crippen LogP contribution in [0.5, 0.6) is 0 Å². The SMILES string of the molecule is CCS(=O)(=O)c1ccc(N2CC3(CCC3)C2)c(-c2cn(C)c(=O)c3[nH]ccc23)c1. The molecule has 2 fully saturated rings. The van der Waals surface area contributed by atoms with Gasteiger partial charge in [0.2, 0.25) is 0 Å². The van der Waals surface area contributed by atoms with Gasteiger partial charge >= 0.3 is 0 Å².